The number of rotatable bonds is 4. The van der Waals surface area contributed by atoms with Crippen molar-refractivity contribution in [3.05, 3.63) is 231 Å². The van der Waals surface area contributed by atoms with Gasteiger partial charge in [0.1, 0.15) is 22.3 Å². The molecule has 17 rings (SSSR count). The average molecular weight is 919 g/mol. The Bertz CT molecular complexity index is 5120. The van der Waals surface area contributed by atoms with E-state index >= 15 is 0 Å². The van der Waals surface area contributed by atoms with E-state index in [-0.39, 0.29) is 0 Å². The molecule has 0 radical (unpaired) electrons. The van der Waals surface area contributed by atoms with Gasteiger partial charge in [0.05, 0.1) is 54.9 Å². The fraction of sp³-hybridized carbons (Fsp3) is 0. The van der Waals surface area contributed by atoms with Gasteiger partial charge < -0.3 is 27.1 Å². The highest BCUT2D eigenvalue weighted by atomic mass is 16.3. The van der Waals surface area contributed by atoms with Crippen LogP contribution in [0, 0.1) is 0 Å². The first kappa shape index (κ1) is 38.1. The van der Waals surface area contributed by atoms with Crippen LogP contribution in [0.5, 0.6) is 0 Å². The van der Waals surface area contributed by atoms with Crippen LogP contribution >= 0.6 is 0 Å². The van der Waals surface area contributed by atoms with Gasteiger partial charge in [-0.1, -0.05) is 109 Å². The number of hydrogen-bond donors (Lipinski definition) is 0. The minimum absolute atomic E-state index is 0.880. The van der Waals surface area contributed by atoms with Crippen LogP contribution in [0.4, 0.5) is 0 Å². The average Bonchev–Trinajstić information content (AvgIpc) is 4.28. The smallest absolute Gasteiger partial charge is 0.145 e. The molecule has 11 aromatic carbocycles. The van der Waals surface area contributed by atoms with Gasteiger partial charge in [-0.3, -0.25) is 0 Å². The van der Waals surface area contributed by atoms with Crippen LogP contribution in [-0.2, 0) is 0 Å². The highest BCUT2D eigenvalue weighted by Crippen LogP contribution is 2.46. The summed E-state index contributed by atoms with van der Waals surface area (Å²) < 4.78 is 23.2. The summed E-state index contributed by atoms with van der Waals surface area (Å²) in [6.45, 7) is 0. The Hall–Kier alpha value is -9.78. The van der Waals surface area contributed by atoms with E-state index in [4.69, 9.17) is 8.83 Å². The van der Waals surface area contributed by atoms with E-state index in [0.717, 1.165) is 121 Å². The molecule has 0 saturated heterocycles. The van der Waals surface area contributed by atoms with E-state index in [1.165, 1.54) is 32.6 Å². The molecule has 0 spiro atoms. The first-order valence-corrected chi connectivity index (χ1v) is 24.6. The fourth-order valence-corrected chi connectivity index (χ4v) is 12.5. The van der Waals surface area contributed by atoms with E-state index in [1.54, 1.807) is 0 Å². The van der Waals surface area contributed by atoms with E-state index < -0.39 is 0 Å². The monoisotopic (exact) mass is 918 g/mol. The molecule has 0 aliphatic heterocycles. The van der Waals surface area contributed by atoms with Crippen molar-refractivity contribution in [1.82, 2.24) is 18.3 Å². The van der Waals surface area contributed by atoms with E-state index in [9.17, 15) is 0 Å². The van der Waals surface area contributed by atoms with Gasteiger partial charge in [0.2, 0.25) is 0 Å². The Labute approximate surface area is 409 Å². The summed E-state index contributed by atoms with van der Waals surface area (Å²) in [5.74, 6) is 0. The van der Waals surface area contributed by atoms with Gasteiger partial charge in [0.25, 0.3) is 0 Å². The molecule has 0 unspecified atom stereocenters. The van der Waals surface area contributed by atoms with Crippen LogP contribution < -0.4 is 0 Å². The second kappa shape index (κ2) is 13.9. The lowest BCUT2D eigenvalue weighted by Crippen LogP contribution is -1.96. The van der Waals surface area contributed by atoms with Gasteiger partial charge in [-0.25, -0.2) is 0 Å². The predicted octanol–water partition coefficient (Wildman–Crippen LogP) is 17.9. The summed E-state index contributed by atoms with van der Waals surface area (Å²) in [6.07, 6.45) is 0. The number of furan rings is 2. The molecular formula is C66H38N4O2. The first-order chi connectivity index (χ1) is 35.7. The zero-order valence-electron chi connectivity index (χ0n) is 38.5. The van der Waals surface area contributed by atoms with Crippen molar-refractivity contribution < 1.29 is 8.83 Å². The molecule has 6 nitrogen and oxygen atoms in total. The van der Waals surface area contributed by atoms with Crippen LogP contribution in [0.1, 0.15) is 0 Å². The fourth-order valence-electron chi connectivity index (χ4n) is 12.5. The Balaban J connectivity index is 0.933. The Morgan fingerprint density at radius 1 is 0.208 bits per heavy atom. The van der Waals surface area contributed by atoms with Crippen molar-refractivity contribution in [2.24, 2.45) is 0 Å². The maximum Gasteiger partial charge on any atom is 0.145 e. The minimum Gasteiger partial charge on any atom is -0.456 e. The Morgan fingerprint density at radius 2 is 0.583 bits per heavy atom. The summed E-state index contributed by atoms with van der Waals surface area (Å²) >= 11 is 0. The molecule has 72 heavy (non-hydrogen) atoms. The molecule has 0 aliphatic rings. The van der Waals surface area contributed by atoms with Gasteiger partial charge in [0.15, 0.2) is 0 Å². The Kier molecular flexibility index (Phi) is 7.38. The van der Waals surface area contributed by atoms with Crippen LogP contribution in [0.25, 0.3) is 154 Å². The number of para-hydroxylation sites is 6. The quantitative estimate of drug-likeness (QED) is 0.177. The molecule has 0 atom stereocenters. The number of aromatic nitrogens is 4. The lowest BCUT2D eigenvalue weighted by molar-refractivity contribution is 0.669. The normalized spacial score (nSPS) is 12.4. The van der Waals surface area contributed by atoms with Crippen LogP contribution in [0.3, 0.4) is 0 Å². The summed E-state index contributed by atoms with van der Waals surface area (Å²) in [4.78, 5) is 0. The highest BCUT2D eigenvalue weighted by Gasteiger charge is 2.24. The van der Waals surface area contributed by atoms with Crippen molar-refractivity contribution in [3.63, 3.8) is 0 Å². The van der Waals surface area contributed by atoms with Gasteiger partial charge in [-0.15, -0.1) is 0 Å². The van der Waals surface area contributed by atoms with E-state index in [0.29, 0.717) is 0 Å². The topological polar surface area (TPSA) is 46.0 Å². The van der Waals surface area contributed by atoms with Crippen molar-refractivity contribution in [2.75, 3.05) is 0 Å². The zero-order chi connectivity index (χ0) is 46.8. The van der Waals surface area contributed by atoms with Crippen LogP contribution in [0.15, 0.2) is 239 Å². The van der Waals surface area contributed by atoms with Gasteiger partial charge >= 0.3 is 0 Å². The third-order valence-electron chi connectivity index (χ3n) is 15.5. The molecule has 17 aromatic rings. The summed E-state index contributed by atoms with van der Waals surface area (Å²) in [5.41, 5.74) is 17.1. The number of hydrogen-bond acceptors (Lipinski definition) is 2. The standard InChI is InChI=1S/C66H38N4O2/c1-2-14-39(15-3-1)67-55-23-11-6-19-48(55)63-59(67)33-29-46-47-30-34-60-64(66(47)72-65(46)63)49-20-7-12-24-56(49)70(60)41-27-32-58-51(37-41)50-36-40(68-53-21-9-4-16-43(53)44-17-5-10-22-54(44)68)26-31-57(50)69(58)42-28-35-62-52(38-42)45-18-8-13-25-61(45)71-62/h1-38H. The third-order valence-corrected chi connectivity index (χ3v) is 15.5. The largest absolute Gasteiger partial charge is 0.456 e. The molecule has 6 heterocycles. The molecule has 0 amide bonds. The first-order valence-electron chi connectivity index (χ1n) is 24.6. The van der Waals surface area contributed by atoms with E-state index in [2.05, 4.69) is 237 Å². The number of nitrogens with zero attached hydrogens (tertiary/aromatic N) is 4. The summed E-state index contributed by atoms with van der Waals surface area (Å²) in [7, 11) is 0. The van der Waals surface area contributed by atoms with Gasteiger partial charge in [-0.2, -0.15) is 0 Å². The van der Waals surface area contributed by atoms with Crippen molar-refractivity contribution in [1.29, 1.82) is 0 Å². The molecule has 0 aliphatic carbocycles. The summed E-state index contributed by atoms with van der Waals surface area (Å²) in [5, 5.41) is 13.8. The van der Waals surface area contributed by atoms with Crippen LogP contribution in [-0.4, -0.2) is 18.3 Å². The Morgan fingerprint density at radius 3 is 1.14 bits per heavy atom. The van der Waals surface area contributed by atoms with E-state index in [1.807, 2.05) is 12.1 Å². The molecular weight excluding hydrogens is 881 g/mol. The van der Waals surface area contributed by atoms with Crippen LogP contribution in [0.2, 0.25) is 0 Å². The van der Waals surface area contributed by atoms with Crippen molar-refractivity contribution >= 4 is 131 Å². The molecule has 0 saturated carbocycles. The SMILES string of the molecule is c1ccc(-n2c3ccccc3c3c4oc5c(ccc6c5c5ccccc5n6-c5ccc6c(c5)c5cc(-n7c8ccccc8c8ccccc87)ccc5n6-c5ccc6oc7ccccc7c6c5)c4ccc32)cc1. The lowest BCUT2D eigenvalue weighted by Gasteiger charge is -2.11. The molecule has 0 fully saturated rings. The highest BCUT2D eigenvalue weighted by molar-refractivity contribution is 6.29. The second-order valence-corrected chi connectivity index (χ2v) is 19.2. The molecule has 0 N–H and O–H groups in total. The molecule has 0 bridgehead atoms. The molecule has 6 heteroatoms. The molecule has 334 valence electrons. The second-order valence-electron chi connectivity index (χ2n) is 19.2. The number of fused-ring (bicyclic) bond motifs is 20. The third kappa shape index (κ3) is 4.97. The zero-order valence-corrected chi connectivity index (χ0v) is 38.5. The lowest BCUT2D eigenvalue weighted by atomic mass is 10.1. The maximum absolute atomic E-state index is 7.30. The predicted molar refractivity (Wildman–Crippen MR) is 298 cm³/mol. The number of benzene rings is 11. The van der Waals surface area contributed by atoms with Crippen molar-refractivity contribution in [2.45, 2.75) is 0 Å². The minimum atomic E-state index is 0.880. The maximum atomic E-state index is 7.30. The van der Waals surface area contributed by atoms with Gasteiger partial charge in [0, 0.05) is 76.6 Å². The molecule has 6 aromatic heterocycles. The van der Waals surface area contributed by atoms with Gasteiger partial charge in [-0.05, 0) is 121 Å². The summed E-state index contributed by atoms with van der Waals surface area (Å²) in [6, 6.07) is 83.5. The van der Waals surface area contributed by atoms with Crippen molar-refractivity contribution in [3.8, 4) is 22.7 Å².